The fourth-order valence-corrected chi connectivity index (χ4v) is 4.01. The van der Waals surface area contributed by atoms with Crippen molar-refractivity contribution < 1.29 is 14.6 Å². The van der Waals surface area contributed by atoms with E-state index in [9.17, 15) is 9.90 Å². The number of carbonyl (C=O) groups is 1. The molecule has 2 N–H and O–H groups in total. The van der Waals surface area contributed by atoms with E-state index in [1.165, 1.54) is 0 Å². The minimum Gasteiger partial charge on any atom is -0.785 e. The van der Waals surface area contributed by atoms with Crippen molar-refractivity contribution in [1.82, 2.24) is 10.2 Å². The zero-order valence-electron chi connectivity index (χ0n) is 15.9. The average Bonchev–Trinajstić information content (AvgIpc) is 2.75. The van der Waals surface area contributed by atoms with Gasteiger partial charge in [-0.05, 0) is 31.3 Å². The van der Waals surface area contributed by atoms with Crippen LogP contribution in [-0.4, -0.2) is 45.7 Å². The number of aliphatic imine (C=N–C) groups is 1. The Labute approximate surface area is 156 Å². The first kappa shape index (κ1) is 20.3. The maximum absolute atomic E-state index is 12.6. The predicted octanol–water partition coefficient (Wildman–Crippen LogP) is 2.12. The Bertz CT molecular complexity index is 568. The van der Waals surface area contributed by atoms with Gasteiger partial charge in [0, 0.05) is 11.6 Å². The third-order valence-corrected chi connectivity index (χ3v) is 4.73. The van der Waals surface area contributed by atoms with Gasteiger partial charge in [0.15, 0.2) is 0 Å². The van der Waals surface area contributed by atoms with Crippen LogP contribution in [0, 0.1) is 10.8 Å². The molecule has 7 heteroatoms. The molecule has 3 unspecified atom stereocenters. The monoisotopic (exact) mass is 368 g/mol. The van der Waals surface area contributed by atoms with Crippen molar-refractivity contribution in [2.75, 3.05) is 0 Å². The highest BCUT2D eigenvalue weighted by atomic mass is 32.1. The van der Waals surface area contributed by atoms with Crippen LogP contribution in [0.1, 0.15) is 54.4 Å². The summed E-state index contributed by atoms with van der Waals surface area (Å²) in [5, 5.41) is 13.0. The molecule has 2 rings (SSSR count). The number of carbonyl (C=O) groups excluding carboxylic acids is 1. The van der Waals surface area contributed by atoms with Gasteiger partial charge in [-0.1, -0.05) is 34.6 Å². The van der Waals surface area contributed by atoms with Crippen molar-refractivity contribution in [1.29, 1.82) is 0 Å². The maximum atomic E-state index is 12.6. The highest BCUT2D eigenvalue weighted by Crippen LogP contribution is 2.33. The first-order chi connectivity index (χ1) is 11.4. The Balaban J connectivity index is 2.00. The van der Waals surface area contributed by atoms with E-state index < -0.39 is 11.8 Å². The number of rotatable bonds is 3. The fourth-order valence-electron chi connectivity index (χ4n) is 3.54. The largest absolute Gasteiger partial charge is 0.785 e. The molecule has 6 nitrogen and oxygen atoms in total. The summed E-state index contributed by atoms with van der Waals surface area (Å²) in [5.41, 5.74) is -0.497. The molecule has 2 heterocycles. The second-order valence-electron chi connectivity index (χ2n) is 8.81. The molecule has 1 fully saturated rings. The number of ether oxygens (including phenoxy) is 1. The normalized spacial score (nSPS) is 30.4. The smallest absolute Gasteiger partial charge is 0.231 e. The van der Waals surface area contributed by atoms with Crippen LogP contribution in [0.4, 0.5) is 0 Å². The lowest BCUT2D eigenvalue weighted by Gasteiger charge is -2.37. The molecular formula is C18H30N3O3S-. The van der Waals surface area contributed by atoms with E-state index in [0.717, 1.165) is 12.8 Å². The van der Waals surface area contributed by atoms with Crippen LogP contribution in [0.2, 0.25) is 0 Å². The van der Waals surface area contributed by atoms with Gasteiger partial charge in [0.25, 0.3) is 0 Å². The van der Waals surface area contributed by atoms with E-state index >= 15 is 0 Å². The SMILES string of the molecule is C[C@@H]1CC([S-])C(N2C=CC(NC(=O)C(C)(C)CC(C)(C)C)=NC2O)O1. The number of nitrogens with one attached hydrogen (secondary N) is 1. The van der Waals surface area contributed by atoms with Gasteiger partial charge in [0.05, 0.1) is 6.10 Å². The fraction of sp³-hybridized carbons (Fsp3) is 0.778. The lowest BCUT2D eigenvalue weighted by molar-refractivity contribution is -0.129. The molecule has 142 valence electrons. The van der Waals surface area contributed by atoms with Crippen LogP contribution in [0.3, 0.4) is 0 Å². The van der Waals surface area contributed by atoms with Gasteiger partial charge in [0.2, 0.25) is 12.3 Å². The van der Waals surface area contributed by atoms with Crippen molar-refractivity contribution in [3.63, 3.8) is 0 Å². The lowest BCUT2D eigenvalue weighted by Crippen LogP contribution is -2.48. The van der Waals surface area contributed by atoms with Crippen molar-refractivity contribution in [2.45, 2.75) is 78.3 Å². The summed E-state index contributed by atoms with van der Waals surface area (Å²) in [7, 11) is 0. The standard InChI is InChI=1S/C18H31N3O3S/c1-11-9-12(25)14(24-11)21-8-7-13(20-16(21)23)19-15(22)18(5,6)10-17(2,3)4/h7-8,11-12,14,16,23,25H,9-10H2,1-6H3,(H,19,20,22)/p-1/t11-,12?,14?,16?/m1/s1. The molecule has 0 aromatic carbocycles. The third-order valence-electron chi connectivity index (χ3n) is 4.30. The van der Waals surface area contributed by atoms with Crippen LogP contribution >= 0.6 is 0 Å². The molecule has 0 saturated carbocycles. The second kappa shape index (κ2) is 7.29. The summed E-state index contributed by atoms with van der Waals surface area (Å²) in [4.78, 5) is 18.4. The van der Waals surface area contributed by atoms with Gasteiger partial charge in [0.1, 0.15) is 12.1 Å². The summed E-state index contributed by atoms with van der Waals surface area (Å²) in [6.45, 7) is 12.1. The molecule has 2 aliphatic heterocycles. The molecule has 0 radical (unpaired) electrons. The van der Waals surface area contributed by atoms with E-state index in [-0.39, 0.29) is 28.9 Å². The van der Waals surface area contributed by atoms with Crippen molar-refractivity contribution in [3.8, 4) is 0 Å². The van der Waals surface area contributed by atoms with Crippen LogP contribution in [0.25, 0.3) is 0 Å². The first-order valence-corrected chi connectivity index (χ1v) is 9.20. The molecule has 25 heavy (non-hydrogen) atoms. The highest BCUT2D eigenvalue weighted by molar-refractivity contribution is 7.59. The van der Waals surface area contributed by atoms with Crippen molar-refractivity contribution in [3.05, 3.63) is 12.3 Å². The Morgan fingerprint density at radius 3 is 2.56 bits per heavy atom. The molecule has 0 aromatic rings. The van der Waals surface area contributed by atoms with Crippen LogP contribution in [0.15, 0.2) is 17.3 Å². The topological polar surface area (TPSA) is 74.2 Å². The molecule has 4 atom stereocenters. The number of nitrogens with zero attached hydrogens (tertiary/aromatic N) is 2. The Morgan fingerprint density at radius 1 is 1.44 bits per heavy atom. The summed E-state index contributed by atoms with van der Waals surface area (Å²) in [6, 6.07) is 0. The van der Waals surface area contributed by atoms with Gasteiger partial charge >= 0.3 is 0 Å². The third kappa shape index (κ3) is 5.21. The molecule has 0 spiro atoms. The molecule has 2 aliphatic rings. The van der Waals surface area contributed by atoms with Gasteiger partial charge in [-0.2, -0.15) is 0 Å². The Hall–Kier alpha value is -1.05. The number of amides is 1. The molecule has 0 bridgehead atoms. The number of hydrogen-bond donors (Lipinski definition) is 2. The molecule has 0 aromatic heterocycles. The summed E-state index contributed by atoms with van der Waals surface area (Å²) in [5.74, 6) is 0.237. The van der Waals surface area contributed by atoms with E-state index in [0.29, 0.717) is 5.84 Å². The minimum absolute atomic E-state index is 0.0380. The zero-order valence-corrected chi connectivity index (χ0v) is 16.8. The molecule has 1 saturated heterocycles. The number of amidine groups is 1. The quantitative estimate of drug-likeness (QED) is 0.747. The van der Waals surface area contributed by atoms with Gasteiger partial charge < -0.3 is 32.7 Å². The van der Waals surface area contributed by atoms with Crippen LogP contribution in [0.5, 0.6) is 0 Å². The van der Waals surface area contributed by atoms with Crippen LogP contribution in [-0.2, 0) is 22.2 Å². The van der Waals surface area contributed by atoms with Crippen molar-refractivity contribution in [2.24, 2.45) is 15.8 Å². The molecule has 0 aliphatic carbocycles. The summed E-state index contributed by atoms with van der Waals surface area (Å²) in [6.07, 6.45) is 3.43. The Morgan fingerprint density at radius 2 is 2.08 bits per heavy atom. The van der Waals surface area contributed by atoms with E-state index in [2.05, 4.69) is 31.1 Å². The predicted molar refractivity (Wildman–Crippen MR) is 101 cm³/mol. The Kier molecular flexibility index (Phi) is 5.91. The van der Waals surface area contributed by atoms with E-state index in [4.69, 9.17) is 17.4 Å². The van der Waals surface area contributed by atoms with E-state index in [1.807, 2.05) is 20.8 Å². The highest BCUT2D eigenvalue weighted by Gasteiger charge is 2.35. The van der Waals surface area contributed by atoms with E-state index in [1.54, 1.807) is 17.2 Å². The first-order valence-electron chi connectivity index (χ1n) is 8.73. The minimum atomic E-state index is -1.12. The number of aliphatic hydroxyl groups excluding tert-OH is 1. The van der Waals surface area contributed by atoms with Gasteiger partial charge in [-0.3, -0.25) is 4.79 Å². The van der Waals surface area contributed by atoms with Gasteiger partial charge in [-0.25, -0.2) is 4.99 Å². The number of hydrogen-bond acceptors (Lipinski definition) is 6. The summed E-state index contributed by atoms with van der Waals surface area (Å²) < 4.78 is 5.76. The second-order valence-corrected chi connectivity index (χ2v) is 9.42. The molecule has 1 amide bonds. The van der Waals surface area contributed by atoms with Gasteiger partial charge in [-0.15, -0.1) is 5.25 Å². The van der Waals surface area contributed by atoms with Crippen molar-refractivity contribution >= 4 is 24.4 Å². The maximum Gasteiger partial charge on any atom is 0.231 e. The zero-order chi connectivity index (χ0) is 19.0. The summed E-state index contributed by atoms with van der Waals surface area (Å²) >= 11 is 5.40. The lowest BCUT2D eigenvalue weighted by atomic mass is 9.75. The average molecular weight is 369 g/mol. The number of aliphatic hydroxyl groups is 1. The van der Waals surface area contributed by atoms with Crippen LogP contribution < -0.4 is 5.32 Å². The molecular weight excluding hydrogens is 338 g/mol.